The molecule has 1 amide bonds. The van der Waals surface area contributed by atoms with Gasteiger partial charge in [0, 0.05) is 18.3 Å². The van der Waals surface area contributed by atoms with E-state index in [9.17, 15) is 26.4 Å². The summed E-state index contributed by atoms with van der Waals surface area (Å²) in [7, 11) is -4.34. The molecule has 1 aliphatic rings. The zero-order valence-electron chi connectivity index (χ0n) is 12.7. The van der Waals surface area contributed by atoms with Crippen molar-refractivity contribution in [1.29, 1.82) is 0 Å². The summed E-state index contributed by atoms with van der Waals surface area (Å²) < 4.78 is 66.3. The van der Waals surface area contributed by atoms with Crippen LogP contribution >= 0.6 is 0 Å². The molecule has 1 aliphatic heterocycles. The Morgan fingerprint density at radius 3 is 2.28 bits per heavy atom. The zero-order valence-corrected chi connectivity index (χ0v) is 13.6. The molecule has 3 rings (SSSR count). The van der Waals surface area contributed by atoms with Crippen LogP contribution in [0.2, 0.25) is 0 Å². The first-order valence-corrected chi connectivity index (χ1v) is 8.80. The van der Waals surface area contributed by atoms with Crippen LogP contribution < -0.4 is 9.62 Å². The Kier molecular flexibility index (Phi) is 4.53. The van der Waals surface area contributed by atoms with Gasteiger partial charge >= 0.3 is 0 Å². The summed E-state index contributed by atoms with van der Waals surface area (Å²) in [5.41, 5.74) is 0.432. The molecule has 1 fully saturated rings. The Morgan fingerprint density at radius 2 is 1.64 bits per heavy atom. The quantitative estimate of drug-likeness (QED) is 0.897. The number of sulfonamides is 1. The highest BCUT2D eigenvalue weighted by Crippen LogP contribution is 2.23. The van der Waals surface area contributed by atoms with Gasteiger partial charge in [-0.25, -0.2) is 21.6 Å². The lowest BCUT2D eigenvalue weighted by Crippen LogP contribution is -2.41. The minimum atomic E-state index is -4.34. The standard InChI is InChI=1S/C16H13F3N2O3S/c17-10-1-4-12(5-2-10)21-8-7-14(16(21)22)20-25(23,24)15-6-3-11(18)9-13(15)19/h1-6,9,14,20H,7-8H2. The fraction of sp³-hybridized carbons (Fsp3) is 0.188. The van der Waals surface area contributed by atoms with Gasteiger partial charge in [-0.05, 0) is 42.8 Å². The molecular weight excluding hydrogens is 357 g/mol. The van der Waals surface area contributed by atoms with Crippen molar-refractivity contribution in [2.24, 2.45) is 0 Å². The number of benzene rings is 2. The molecule has 2 aromatic carbocycles. The third-order valence-corrected chi connectivity index (χ3v) is 5.33. The summed E-state index contributed by atoms with van der Waals surface area (Å²) in [6, 6.07) is 6.17. The first kappa shape index (κ1) is 17.4. The lowest BCUT2D eigenvalue weighted by Gasteiger charge is -2.17. The van der Waals surface area contributed by atoms with Crippen molar-refractivity contribution in [2.45, 2.75) is 17.4 Å². The number of halogens is 3. The normalized spacial score (nSPS) is 18.0. The molecule has 25 heavy (non-hydrogen) atoms. The van der Waals surface area contributed by atoms with E-state index in [2.05, 4.69) is 4.72 Å². The third-order valence-electron chi connectivity index (χ3n) is 3.82. The van der Waals surface area contributed by atoms with Crippen molar-refractivity contribution < 1.29 is 26.4 Å². The summed E-state index contributed by atoms with van der Waals surface area (Å²) in [5, 5.41) is 0. The predicted octanol–water partition coefficient (Wildman–Crippen LogP) is 2.19. The molecule has 0 radical (unpaired) electrons. The Balaban J connectivity index is 1.79. The highest BCUT2D eigenvalue weighted by molar-refractivity contribution is 7.89. The number of amides is 1. The average molecular weight is 370 g/mol. The topological polar surface area (TPSA) is 66.5 Å². The van der Waals surface area contributed by atoms with E-state index < -0.39 is 44.3 Å². The van der Waals surface area contributed by atoms with Crippen LogP contribution in [0.15, 0.2) is 47.4 Å². The van der Waals surface area contributed by atoms with Crippen molar-refractivity contribution in [2.75, 3.05) is 11.4 Å². The van der Waals surface area contributed by atoms with Gasteiger partial charge < -0.3 is 4.90 Å². The molecule has 1 unspecified atom stereocenters. The molecule has 5 nitrogen and oxygen atoms in total. The van der Waals surface area contributed by atoms with Crippen LogP contribution in [-0.4, -0.2) is 26.9 Å². The highest BCUT2D eigenvalue weighted by atomic mass is 32.2. The Bertz CT molecular complexity index is 917. The minimum Gasteiger partial charge on any atom is -0.311 e. The number of nitrogens with one attached hydrogen (secondary N) is 1. The molecule has 0 bridgehead atoms. The smallest absolute Gasteiger partial charge is 0.245 e. The monoisotopic (exact) mass is 370 g/mol. The Morgan fingerprint density at radius 1 is 1.00 bits per heavy atom. The molecule has 1 atom stereocenters. The van der Waals surface area contributed by atoms with Gasteiger partial charge in [-0.2, -0.15) is 4.72 Å². The fourth-order valence-corrected chi connectivity index (χ4v) is 3.89. The zero-order chi connectivity index (χ0) is 18.2. The van der Waals surface area contributed by atoms with Gasteiger partial charge in [0.15, 0.2) is 0 Å². The number of hydrogen-bond acceptors (Lipinski definition) is 3. The number of nitrogens with zero attached hydrogens (tertiary/aromatic N) is 1. The van der Waals surface area contributed by atoms with Gasteiger partial charge in [0.25, 0.3) is 0 Å². The summed E-state index contributed by atoms with van der Waals surface area (Å²) in [4.78, 5) is 13.0. The average Bonchev–Trinajstić information content (AvgIpc) is 2.88. The first-order chi connectivity index (χ1) is 11.8. The number of rotatable bonds is 4. The maximum absolute atomic E-state index is 13.7. The molecule has 0 aromatic heterocycles. The molecule has 1 heterocycles. The van der Waals surface area contributed by atoms with Crippen molar-refractivity contribution in [3.8, 4) is 0 Å². The second-order valence-electron chi connectivity index (χ2n) is 5.50. The number of hydrogen-bond donors (Lipinski definition) is 1. The molecule has 0 aliphatic carbocycles. The van der Waals surface area contributed by atoms with E-state index in [1.165, 1.54) is 29.2 Å². The molecule has 2 aromatic rings. The summed E-state index contributed by atoms with van der Waals surface area (Å²) >= 11 is 0. The van der Waals surface area contributed by atoms with Crippen molar-refractivity contribution in [3.63, 3.8) is 0 Å². The number of anilines is 1. The lowest BCUT2D eigenvalue weighted by molar-refractivity contribution is -0.118. The molecular formula is C16H13F3N2O3S. The summed E-state index contributed by atoms with van der Waals surface area (Å²) in [6.07, 6.45) is 0.165. The third kappa shape index (κ3) is 3.52. The highest BCUT2D eigenvalue weighted by Gasteiger charge is 2.36. The van der Waals surface area contributed by atoms with Gasteiger partial charge in [-0.3, -0.25) is 4.79 Å². The molecule has 1 saturated heterocycles. The van der Waals surface area contributed by atoms with Crippen LogP contribution in [-0.2, 0) is 14.8 Å². The lowest BCUT2D eigenvalue weighted by atomic mass is 10.3. The van der Waals surface area contributed by atoms with Crippen molar-refractivity contribution in [3.05, 3.63) is 59.9 Å². The summed E-state index contributed by atoms with van der Waals surface area (Å²) in [6.45, 7) is 0.226. The van der Waals surface area contributed by atoms with Crippen molar-refractivity contribution in [1.82, 2.24) is 4.72 Å². The molecule has 9 heteroatoms. The maximum Gasteiger partial charge on any atom is 0.245 e. The summed E-state index contributed by atoms with van der Waals surface area (Å²) in [5.74, 6) is -3.14. The SMILES string of the molecule is O=C1C(NS(=O)(=O)c2ccc(F)cc2F)CCN1c1ccc(F)cc1. The van der Waals surface area contributed by atoms with Gasteiger partial charge in [0.1, 0.15) is 28.4 Å². The van der Waals surface area contributed by atoms with Crippen LogP contribution in [0.3, 0.4) is 0 Å². The molecule has 0 saturated carbocycles. The van der Waals surface area contributed by atoms with Gasteiger partial charge in [-0.1, -0.05) is 0 Å². The first-order valence-electron chi connectivity index (χ1n) is 7.32. The van der Waals surface area contributed by atoms with Crippen LogP contribution in [0.25, 0.3) is 0 Å². The number of carbonyl (C=O) groups excluding carboxylic acids is 1. The minimum absolute atomic E-state index is 0.165. The fourth-order valence-electron chi connectivity index (χ4n) is 2.61. The van der Waals surface area contributed by atoms with Crippen LogP contribution in [0.1, 0.15) is 6.42 Å². The van der Waals surface area contributed by atoms with E-state index in [0.29, 0.717) is 11.8 Å². The van der Waals surface area contributed by atoms with Gasteiger partial charge in [0.2, 0.25) is 15.9 Å². The van der Waals surface area contributed by atoms with Gasteiger partial charge in [0.05, 0.1) is 0 Å². The van der Waals surface area contributed by atoms with E-state index >= 15 is 0 Å². The van der Waals surface area contributed by atoms with E-state index in [-0.39, 0.29) is 13.0 Å². The predicted molar refractivity (Wildman–Crippen MR) is 83.8 cm³/mol. The molecule has 1 N–H and O–H groups in total. The largest absolute Gasteiger partial charge is 0.311 e. The maximum atomic E-state index is 13.7. The second kappa shape index (κ2) is 6.49. The second-order valence-corrected chi connectivity index (χ2v) is 7.19. The number of carbonyl (C=O) groups is 1. The Hall–Kier alpha value is -2.39. The van der Waals surface area contributed by atoms with E-state index in [1.807, 2.05) is 0 Å². The van der Waals surface area contributed by atoms with E-state index in [1.54, 1.807) is 0 Å². The van der Waals surface area contributed by atoms with Crippen LogP contribution in [0.4, 0.5) is 18.9 Å². The van der Waals surface area contributed by atoms with Crippen LogP contribution in [0.5, 0.6) is 0 Å². The van der Waals surface area contributed by atoms with Crippen molar-refractivity contribution >= 4 is 21.6 Å². The molecule has 0 spiro atoms. The molecule has 132 valence electrons. The van der Waals surface area contributed by atoms with E-state index in [0.717, 1.165) is 12.1 Å². The van der Waals surface area contributed by atoms with Gasteiger partial charge in [-0.15, -0.1) is 0 Å². The van der Waals surface area contributed by atoms with E-state index in [4.69, 9.17) is 0 Å². The Labute approximate surface area is 142 Å². The van der Waals surface area contributed by atoms with Crippen LogP contribution in [0, 0.1) is 17.5 Å².